The molecule has 4 aliphatic rings. The number of hydrogen-bond acceptors (Lipinski definition) is 1. The normalized spacial score (nSPS) is 23.7. The van der Waals surface area contributed by atoms with Crippen molar-refractivity contribution in [3.63, 3.8) is 0 Å². The van der Waals surface area contributed by atoms with E-state index >= 15 is 0 Å². The molecule has 4 aromatic heterocycles. The van der Waals surface area contributed by atoms with Gasteiger partial charge in [0.15, 0.2) is 0 Å². The van der Waals surface area contributed by atoms with Gasteiger partial charge in [-0.25, -0.2) is 0 Å². The van der Waals surface area contributed by atoms with Crippen molar-refractivity contribution in [2.24, 2.45) is 0 Å². The van der Waals surface area contributed by atoms with Crippen molar-refractivity contribution < 1.29 is 4.79 Å². The largest absolute Gasteiger partial charge is 0.361 e. The van der Waals surface area contributed by atoms with E-state index in [1.54, 1.807) is 0 Å². The molecule has 0 radical (unpaired) electrons. The van der Waals surface area contributed by atoms with E-state index in [9.17, 15) is 4.79 Å². The predicted molar refractivity (Wildman–Crippen MR) is 203 cm³/mol. The first kappa shape index (κ1) is 33.7. The summed E-state index contributed by atoms with van der Waals surface area (Å²) in [7, 11) is 0. The number of unbranched alkanes of at least 4 members (excludes halogenated alkanes) is 1. The number of carbonyl (C=O) groups is 1. The number of hydrogen-bond donors (Lipinski definition) is 5. The number of fused-ring (bicyclic) bond motifs is 14. The van der Waals surface area contributed by atoms with Crippen LogP contribution in [0.1, 0.15) is 188 Å². The molecule has 5 N–H and O–H groups in total. The molecule has 4 aromatic rings. The summed E-state index contributed by atoms with van der Waals surface area (Å²) in [6, 6.07) is 19.4. The number of rotatable bonds is 7. The first-order valence-corrected chi connectivity index (χ1v) is 20.5. The van der Waals surface area contributed by atoms with Crippen molar-refractivity contribution in [2.45, 2.75) is 164 Å². The Morgan fingerprint density at radius 2 is 0.880 bits per heavy atom. The lowest BCUT2D eigenvalue weighted by Crippen LogP contribution is -2.35. The molecule has 3 saturated carbocycles. The zero-order chi connectivity index (χ0) is 34.2. The van der Waals surface area contributed by atoms with Crippen molar-refractivity contribution >= 4 is 5.91 Å². The Balaban J connectivity index is 1.27. The smallest absolute Gasteiger partial charge is 0.219 e. The quantitative estimate of drug-likeness (QED) is 0.124. The van der Waals surface area contributed by atoms with E-state index in [4.69, 9.17) is 0 Å². The van der Waals surface area contributed by atoms with Gasteiger partial charge in [-0.05, 0) is 113 Å². The zero-order valence-electron chi connectivity index (χ0n) is 30.9. The summed E-state index contributed by atoms with van der Waals surface area (Å²) in [5.74, 6) is 0.178. The first-order valence-electron chi connectivity index (χ1n) is 20.5. The van der Waals surface area contributed by atoms with Crippen LogP contribution in [-0.4, -0.2) is 32.4 Å². The van der Waals surface area contributed by atoms with Crippen molar-refractivity contribution in [3.05, 3.63) is 94.1 Å². The summed E-state index contributed by atoms with van der Waals surface area (Å²) >= 11 is 0. The van der Waals surface area contributed by atoms with Gasteiger partial charge in [-0.1, -0.05) is 71.1 Å². The fraction of sp³-hybridized carbons (Fsp3) is 0.614. The fourth-order valence-corrected chi connectivity index (χ4v) is 10.9. The summed E-state index contributed by atoms with van der Waals surface area (Å²) in [6.45, 7) is 5.35. The molecule has 0 saturated heterocycles. The molecular weight excluding hydrogens is 615 g/mol. The van der Waals surface area contributed by atoms with E-state index in [1.165, 1.54) is 116 Å². The SMILES string of the molecule is CCCCNC(=O)CCCC1(C)c2ccc([nH]2)C2(CCCCC2)c2ccc([nH]2)C2(CCCCC2)c2ccc([nH]2)C2(CCCCC2)c2ccc1[nH]2. The molecule has 50 heavy (non-hydrogen) atoms. The van der Waals surface area contributed by atoms with Crippen LogP contribution in [0.3, 0.4) is 0 Å². The van der Waals surface area contributed by atoms with Gasteiger partial charge < -0.3 is 25.3 Å². The van der Waals surface area contributed by atoms with Crippen molar-refractivity contribution in [2.75, 3.05) is 6.54 Å². The highest BCUT2D eigenvalue weighted by atomic mass is 16.1. The van der Waals surface area contributed by atoms with Crippen LogP contribution >= 0.6 is 0 Å². The number of H-pyrrole nitrogens is 4. The average molecular weight is 676 g/mol. The standard InChI is InChI=1S/C44H61N5O/c1-3-4-31-45-40(50)15-14-24-41(2)32-16-18-34(46-32)42(25-8-5-9-26-42)36-20-22-38(48-36)44(29-12-7-13-30-44)39-23-21-37(49-39)43(27-10-6-11-28-43)35-19-17-33(41)47-35/h16-23,46-49H,3-15,24-31H2,1-2H3,(H,45,50). The molecule has 6 nitrogen and oxygen atoms in total. The molecule has 3 spiro atoms. The van der Waals surface area contributed by atoms with Gasteiger partial charge in [-0.3, -0.25) is 4.79 Å². The van der Waals surface area contributed by atoms with E-state index < -0.39 is 0 Å². The number of aromatic amines is 4. The maximum atomic E-state index is 12.9. The molecule has 8 rings (SSSR count). The average Bonchev–Trinajstić information content (AvgIpc) is 3.99. The second-order valence-electron chi connectivity index (χ2n) is 17.0. The van der Waals surface area contributed by atoms with Crippen LogP contribution in [0.5, 0.6) is 0 Å². The molecule has 0 aromatic carbocycles. The Kier molecular flexibility index (Phi) is 9.18. The van der Waals surface area contributed by atoms with Crippen molar-refractivity contribution in [1.29, 1.82) is 0 Å². The van der Waals surface area contributed by atoms with Crippen molar-refractivity contribution in [3.8, 4) is 0 Å². The van der Waals surface area contributed by atoms with Crippen molar-refractivity contribution in [1.82, 2.24) is 25.3 Å². The molecule has 0 unspecified atom stereocenters. The minimum absolute atomic E-state index is 0.000721. The van der Waals surface area contributed by atoms with Gasteiger partial charge in [0.1, 0.15) is 0 Å². The molecule has 3 aliphatic carbocycles. The Bertz CT molecular complexity index is 1640. The Hall–Kier alpha value is -3.41. The van der Waals surface area contributed by atoms with Crippen LogP contribution in [0.4, 0.5) is 0 Å². The molecule has 8 bridgehead atoms. The van der Waals surface area contributed by atoms with Crippen LogP contribution in [0.25, 0.3) is 0 Å². The van der Waals surface area contributed by atoms with Crippen LogP contribution in [0.15, 0.2) is 48.5 Å². The Morgan fingerprint density at radius 1 is 0.540 bits per heavy atom. The lowest BCUT2D eigenvalue weighted by molar-refractivity contribution is -0.121. The van der Waals surface area contributed by atoms with Gasteiger partial charge in [-0.2, -0.15) is 0 Å². The maximum Gasteiger partial charge on any atom is 0.219 e. The third-order valence-electron chi connectivity index (χ3n) is 14.1. The predicted octanol–water partition coefficient (Wildman–Crippen LogP) is 10.5. The van der Waals surface area contributed by atoms with E-state index in [0.29, 0.717) is 6.42 Å². The highest BCUT2D eigenvalue weighted by Gasteiger charge is 2.46. The summed E-state index contributed by atoms with van der Waals surface area (Å²) < 4.78 is 0. The summed E-state index contributed by atoms with van der Waals surface area (Å²) in [6.07, 6.45) is 23.0. The number of amides is 1. The number of aromatic nitrogens is 4. The van der Waals surface area contributed by atoms with Crippen LogP contribution < -0.4 is 5.32 Å². The molecular formula is C44H61N5O. The molecule has 1 aliphatic heterocycles. The van der Waals surface area contributed by atoms with Gasteiger partial charge in [0.2, 0.25) is 5.91 Å². The lowest BCUT2D eigenvalue weighted by atomic mass is 9.69. The minimum Gasteiger partial charge on any atom is -0.361 e. The van der Waals surface area contributed by atoms with E-state index in [-0.39, 0.29) is 27.6 Å². The van der Waals surface area contributed by atoms with E-state index in [0.717, 1.165) is 57.9 Å². The molecule has 0 atom stereocenters. The van der Waals surface area contributed by atoms with Crippen LogP contribution in [0, 0.1) is 0 Å². The van der Waals surface area contributed by atoms with Gasteiger partial charge in [-0.15, -0.1) is 0 Å². The summed E-state index contributed by atoms with van der Waals surface area (Å²) in [5, 5.41) is 3.15. The number of nitrogens with one attached hydrogen (secondary N) is 5. The Morgan fingerprint density at radius 3 is 1.24 bits per heavy atom. The molecule has 6 heteroatoms. The van der Waals surface area contributed by atoms with Gasteiger partial charge in [0, 0.05) is 63.9 Å². The molecule has 268 valence electrons. The summed E-state index contributed by atoms with van der Waals surface area (Å²) in [4.78, 5) is 29.5. The lowest BCUT2D eigenvalue weighted by Gasteiger charge is -2.39. The molecule has 3 fully saturated rings. The highest BCUT2D eigenvalue weighted by Crippen LogP contribution is 2.51. The topological polar surface area (TPSA) is 92.3 Å². The minimum atomic E-state index is -0.281. The van der Waals surface area contributed by atoms with Gasteiger partial charge in [0.25, 0.3) is 0 Å². The summed E-state index contributed by atoms with van der Waals surface area (Å²) in [5.41, 5.74) is 10.5. The first-order chi connectivity index (χ1) is 24.4. The van der Waals surface area contributed by atoms with E-state index in [2.05, 4.69) is 87.6 Å². The third-order valence-corrected chi connectivity index (χ3v) is 14.1. The van der Waals surface area contributed by atoms with Gasteiger partial charge >= 0.3 is 0 Å². The monoisotopic (exact) mass is 675 g/mol. The van der Waals surface area contributed by atoms with Crippen LogP contribution in [0.2, 0.25) is 0 Å². The molecule has 5 heterocycles. The third kappa shape index (κ3) is 5.64. The number of carbonyl (C=O) groups excluding carboxylic acids is 1. The van der Waals surface area contributed by atoms with Gasteiger partial charge in [0.05, 0.1) is 16.2 Å². The highest BCUT2D eigenvalue weighted by molar-refractivity contribution is 5.75. The Labute approximate surface area is 299 Å². The van der Waals surface area contributed by atoms with Crippen LogP contribution in [-0.2, 0) is 26.5 Å². The fourth-order valence-electron chi connectivity index (χ4n) is 10.9. The van der Waals surface area contributed by atoms with E-state index in [1.807, 2.05) is 0 Å². The second-order valence-corrected chi connectivity index (χ2v) is 17.0. The zero-order valence-corrected chi connectivity index (χ0v) is 30.9. The second kappa shape index (κ2) is 13.6. The maximum absolute atomic E-state index is 12.9. The molecule has 1 amide bonds.